The molecule has 0 aromatic heterocycles. The second kappa shape index (κ2) is 6.99. The summed E-state index contributed by atoms with van der Waals surface area (Å²) in [4.78, 5) is 26.5. The fraction of sp³-hybridized carbons (Fsp3) is 0.467. The number of rotatable bonds is 6. The number of nitrogens with zero attached hydrogens (tertiary/aromatic N) is 2. The Morgan fingerprint density at radius 1 is 1.10 bits per heavy atom. The van der Waals surface area contributed by atoms with Crippen LogP contribution in [-0.4, -0.2) is 48.3 Å². The van der Waals surface area contributed by atoms with Crippen molar-refractivity contribution in [1.82, 2.24) is 9.80 Å². The van der Waals surface area contributed by atoms with Crippen molar-refractivity contribution in [3.8, 4) is 0 Å². The lowest BCUT2D eigenvalue weighted by Crippen LogP contribution is -2.37. The summed E-state index contributed by atoms with van der Waals surface area (Å²) in [7, 11) is 2.02. The third-order valence-corrected chi connectivity index (χ3v) is 4.08. The molecule has 1 fully saturated rings. The van der Waals surface area contributed by atoms with Crippen LogP contribution in [0.3, 0.4) is 0 Å². The number of likely N-dealkylation sites (tertiary alicyclic amines) is 1. The molecule has 0 aliphatic carbocycles. The van der Waals surface area contributed by atoms with Crippen LogP contribution < -0.4 is 0 Å². The van der Waals surface area contributed by atoms with Gasteiger partial charge in [0.15, 0.2) is 0 Å². The van der Waals surface area contributed by atoms with Crippen LogP contribution in [0.5, 0.6) is 0 Å². The first-order chi connectivity index (χ1) is 9.56. The average molecular weight is 339 g/mol. The molecule has 2 rings (SSSR count). The lowest BCUT2D eigenvalue weighted by molar-refractivity contribution is -0.138. The molecule has 0 N–H and O–H groups in total. The molecular formula is C15H19BrN2O2. The number of likely N-dealkylation sites (N-methyl/N-ethyl adjacent to an activating group) is 1. The first-order valence-corrected chi connectivity index (χ1v) is 7.62. The van der Waals surface area contributed by atoms with Gasteiger partial charge in [-0.15, -0.1) is 0 Å². The first kappa shape index (κ1) is 15.2. The van der Waals surface area contributed by atoms with Gasteiger partial charge in [-0.05, 0) is 31.2 Å². The van der Waals surface area contributed by atoms with E-state index in [-0.39, 0.29) is 11.8 Å². The Kier molecular flexibility index (Phi) is 5.31. The predicted octanol–water partition coefficient (Wildman–Crippen LogP) is 2.07. The normalized spacial score (nSPS) is 15.4. The van der Waals surface area contributed by atoms with Crippen LogP contribution in [0.1, 0.15) is 18.4 Å². The average Bonchev–Trinajstić information content (AvgIpc) is 2.75. The van der Waals surface area contributed by atoms with Gasteiger partial charge in [0.25, 0.3) is 0 Å². The van der Waals surface area contributed by atoms with Gasteiger partial charge in [0, 0.05) is 36.9 Å². The van der Waals surface area contributed by atoms with Crippen LogP contribution in [0.25, 0.3) is 0 Å². The Morgan fingerprint density at radius 3 is 2.30 bits per heavy atom. The Morgan fingerprint density at radius 2 is 1.70 bits per heavy atom. The lowest BCUT2D eigenvalue weighted by Gasteiger charge is -2.20. The largest absolute Gasteiger partial charge is 0.304 e. The second-order valence-electron chi connectivity index (χ2n) is 5.12. The minimum atomic E-state index is -0.0312. The zero-order valence-corrected chi connectivity index (χ0v) is 13.2. The summed E-state index contributed by atoms with van der Waals surface area (Å²) < 4.78 is 1.08. The molecular weight excluding hydrogens is 320 g/mol. The molecule has 20 heavy (non-hydrogen) atoms. The summed E-state index contributed by atoms with van der Waals surface area (Å²) in [6, 6.07) is 8.28. The van der Waals surface area contributed by atoms with Gasteiger partial charge in [-0.3, -0.25) is 14.5 Å². The van der Waals surface area contributed by atoms with Gasteiger partial charge in [-0.25, -0.2) is 0 Å². The van der Waals surface area contributed by atoms with Crippen molar-refractivity contribution in [2.45, 2.75) is 19.3 Å². The molecule has 0 unspecified atom stereocenters. The molecule has 0 radical (unpaired) electrons. The summed E-state index contributed by atoms with van der Waals surface area (Å²) in [6.07, 6.45) is 1.72. The van der Waals surface area contributed by atoms with Crippen LogP contribution in [0.2, 0.25) is 0 Å². The van der Waals surface area contributed by atoms with Gasteiger partial charge in [0.1, 0.15) is 0 Å². The van der Waals surface area contributed by atoms with Gasteiger partial charge < -0.3 is 4.90 Å². The Balaban J connectivity index is 1.72. The zero-order valence-electron chi connectivity index (χ0n) is 11.6. The van der Waals surface area contributed by atoms with E-state index in [9.17, 15) is 9.59 Å². The minimum Gasteiger partial charge on any atom is -0.304 e. The van der Waals surface area contributed by atoms with E-state index in [0.717, 1.165) is 24.0 Å². The monoisotopic (exact) mass is 338 g/mol. The summed E-state index contributed by atoms with van der Waals surface area (Å²) >= 11 is 3.42. The quantitative estimate of drug-likeness (QED) is 0.745. The number of amides is 2. The van der Waals surface area contributed by atoms with Crippen molar-refractivity contribution in [1.29, 1.82) is 0 Å². The molecule has 0 bridgehead atoms. The van der Waals surface area contributed by atoms with Crippen LogP contribution >= 0.6 is 15.9 Å². The first-order valence-electron chi connectivity index (χ1n) is 6.82. The van der Waals surface area contributed by atoms with E-state index >= 15 is 0 Å². The number of hydrogen-bond donors (Lipinski definition) is 0. The molecule has 1 aliphatic heterocycles. The maximum Gasteiger partial charge on any atom is 0.229 e. The molecule has 1 aliphatic rings. The molecule has 1 aromatic rings. The zero-order chi connectivity index (χ0) is 14.5. The summed E-state index contributed by atoms with van der Waals surface area (Å²) in [5, 5.41) is 0. The van der Waals surface area contributed by atoms with Gasteiger partial charge >= 0.3 is 0 Å². The Hall–Kier alpha value is -1.20. The molecule has 108 valence electrons. The predicted molar refractivity (Wildman–Crippen MR) is 81.3 cm³/mol. The summed E-state index contributed by atoms with van der Waals surface area (Å²) in [5.41, 5.74) is 1.29. The standard InChI is InChI=1S/C15H19BrN2O2/c1-17(9-8-12-2-4-13(16)5-3-12)10-11-18-14(19)6-7-15(18)20/h2-5H,6-11H2,1H3. The molecule has 1 saturated heterocycles. The highest BCUT2D eigenvalue weighted by Crippen LogP contribution is 2.12. The number of hydrogen-bond acceptors (Lipinski definition) is 3. The van der Waals surface area contributed by atoms with Crippen LogP contribution in [0.15, 0.2) is 28.7 Å². The smallest absolute Gasteiger partial charge is 0.229 e. The number of carbonyl (C=O) groups excluding carboxylic acids is 2. The van der Waals surface area contributed by atoms with E-state index in [4.69, 9.17) is 0 Å². The maximum atomic E-state index is 11.5. The van der Waals surface area contributed by atoms with Crippen molar-refractivity contribution < 1.29 is 9.59 Å². The van der Waals surface area contributed by atoms with E-state index in [2.05, 4.69) is 33.0 Å². The fourth-order valence-corrected chi connectivity index (χ4v) is 2.49. The number of halogens is 1. The van der Waals surface area contributed by atoms with Gasteiger partial charge in [0.05, 0.1) is 0 Å². The minimum absolute atomic E-state index is 0.0312. The SMILES string of the molecule is CN(CCc1ccc(Br)cc1)CCN1C(=O)CCC1=O. The number of benzene rings is 1. The van der Waals surface area contributed by atoms with Crippen molar-refractivity contribution >= 4 is 27.7 Å². The Labute approximate surface area is 127 Å². The summed E-state index contributed by atoms with van der Waals surface area (Å²) in [6.45, 7) is 2.15. The van der Waals surface area contributed by atoms with E-state index in [1.54, 1.807) is 0 Å². The molecule has 0 saturated carbocycles. The van der Waals surface area contributed by atoms with E-state index in [1.807, 2.05) is 19.2 Å². The highest BCUT2D eigenvalue weighted by molar-refractivity contribution is 9.10. The number of imide groups is 1. The number of carbonyl (C=O) groups is 2. The molecule has 0 spiro atoms. The molecule has 0 atom stereocenters. The fourth-order valence-electron chi connectivity index (χ4n) is 2.23. The van der Waals surface area contributed by atoms with E-state index < -0.39 is 0 Å². The van der Waals surface area contributed by atoms with Crippen molar-refractivity contribution in [2.75, 3.05) is 26.7 Å². The van der Waals surface area contributed by atoms with Crippen LogP contribution in [0, 0.1) is 0 Å². The van der Waals surface area contributed by atoms with Crippen LogP contribution in [0.4, 0.5) is 0 Å². The molecule has 5 heteroatoms. The van der Waals surface area contributed by atoms with Crippen molar-refractivity contribution in [3.63, 3.8) is 0 Å². The van der Waals surface area contributed by atoms with Crippen molar-refractivity contribution in [3.05, 3.63) is 34.3 Å². The molecule has 1 heterocycles. The van der Waals surface area contributed by atoms with Crippen LogP contribution in [-0.2, 0) is 16.0 Å². The van der Waals surface area contributed by atoms with E-state index in [1.165, 1.54) is 10.5 Å². The maximum absolute atomic E-state index is 11.5. The van der Waals surface area contributed by atoms with Crippen molar-refractivity contribution in [2.24, 2.45) is 0 Å². The van der Waals surface area contributed by atoms with E-state index in [0.29, 0.717) is 19.4 Å². The molecule has 2 amide bonds. The Bertz CT molecular complexity index is 471. The highest BCUT2D eigenvalue weighted by atomic mass is 79.9. The topological polar surface area (TPSA) is 40.6 Å². The lowest BCUT2D eigenvalue weighted by atomic mass is 10.1. The van der Waals surface area contributed by atoms with Gasteiger partial charge in [-0.2, -0.15) is 0 Å². The van der Waals surface area contributed by atoms with Gasteiger partial charge in [0.2, 0.25) is 11.8 Å². The highest BCUT2D eigenvalue weighted by Gasteiger charge is 2.28. The molecule has 1 aromatic carbocycles. The third kappa shape index (κ3) is 4.15. The second-order valence-corrected chi connectivity index (χ2v) is 6.03. The van der Waals surface area contributed by atoms with Gasteiger partial charge in [-0.1, -0.05) is 28.1 Å². The summed E-state index contributed by atoms with van der Waals surface area (Å²) in [5.74, 6) is -0.0624. The third-order valence-electron chi connectivity index (χ3n) is 3.56. The molecule has 4 nitrogen and oxygen atoms in total.